The van der Waals surface area contributed by atoms with Gasteiger partial charge in [-0.15, -0.1) is 0 Å². The minimum Gasteiger partial charge on any atom is -0.421 e. The van der Waals surface area contributed by atoms with Gasteiger partial charge in [-0.2, -0.15) is 18.4 Å². The molecule has 0 spiro atoms. The minimum atomic E-state index is -4.63. The lowest BCUT2D eigenvalue weighted by Crippen LogP contribution is -2.17. The molecule has 1 N–H and O–H groups in total. The Morgan fingerprint density at radius 3 is 2.26 bits per heavy atom. The number of amides is 1. The van der Waals surface area contributed by atoms with Crippen molar-refractivity contribution in [2.75, 3.05) is 5.32 Å². The Morgan fingerprint density at radius 2 is 1.74 bits per heavy atom. The summed E-state index contributed by atoms with van der Waals surface area (Å²) < 4.78 is 43.4. The predicted octanol–water partition coefficient (Wildman–Crippen LogP) is 4.39. The molecule has 0 aromatic heterocycles. The molecule has 140 valence electrons. The van der Waals surface area contributed by atoms with Gasteiger partial charge in [-0.1, -0.05) is 13.8 Å². The van der Waals surface area contributed by atoms with E-state index in [9.17, 15) is 22.8 Å². The number of ether oxygens (including phenoxy) is 1. The summed E-state index contributed by atoms with van der Waals surface area (Å²) in [6, 6.07) is 9.61. The van der Waals surface area contributed by atoms with Crippen molar-refractivity contribution in [3.8, 4) is 11.8 Å². The SMILES string of the molecule is CC(C)C(=O)Nc1ccc(C(=O)Oc2cc(C(F)(F)F)ccc2C#N)cc1. The van der Waals surface area contributed by atoms with Crippen molar-refractivity contribution in [1.29, 1.82) is 5.26 Å². The van der Waals surface area contributed by atoms with Gasteiger partial charge in [0, 0.05) is 11.6 Å². The Bertz CT molecular complexity index is 898. The molecule has 5 nitrogen and oxygen atoms in total. The third kappa shape index (κ3) is 5.07. The van der Waals surface area contributed by atoms with Gasteiger partial charge in [0.2, 0.25) is 5.91 Å². The van der Waals surface area contributed by atoms with Gasteiger partial charge in [0.15, 0.2) is 0 Å². The van der Waals surface area contributed by atoms with Crippen LogP contribution in [-0.4, -0.2) is 11.9 Å². The molecule has 2 rings (SSSR count). The van der Waals surface area contributed by atoms with E-state index in [0.717, 1.165) is 12.1 Å². The number of rotatable bonds is 4. The monoisotopic (exact) mass is 376 g/mol. The lowest BCUT2D eigenvalue weighted by Gasteiger charge is -2.11. The summed E-state index contributed by atoms with van der Waals surface area (Å²) in [5, 5.41) is 11.6. The van der Waals surface area contributed by atoms with Crippen LogP contribution in [0.4, 0.5) is 18.9 Å². The fourth-order valence-electron chi connectivity index (χ4n) is 2.01. The second-order valence-electron chi connectivity index (χ2n) is 5.93. The summed E-state index contributed by atoms with van der Waals surface area (Å²) >= 11 is 0. The Balaban J connectivity index is 2.20. The standard InChI is InChI=1S/C19H15F3N2O3/c1-11(2)17(25)24-15-7-4-12(5-8-15)18(26)27-16-9-14(19(20,21)22)6-3-13(16)10-23/h3-9,11H,1-2H3,(H,24,25). The molecular formula is C19H15F3N2O3. The average Bonchev–Trinajstić information content (AvgIpc) is 2.61. The highest BCUT2D eigenvalue weighted by molar-refractivity contribution is 5.94. The van der Waals surface area contributed by atoms with Crippen molar-refractivity contribution >= 4 is 17.6 Å². The molecule has 0 saturated heterocycles. The quantitative estimate of drug-likeness (QED) is 0.634. The molecule has 2 aromatic rings. The molecule has 0 aliphatic heterocycles. The number of carbonyl (C=O) groups is 2. The third-order valence-corrected chi connectivity index (χ3v) is 3.54. The summed E-state index contributed by atoms with van der Waals surface area (Å²) in [6.45, 7) is 3.45. The molecule has 0 saturated carbocycles. The first-order chi connectivity index (χ1) is 12.6. The van der Waals surface area contributed by atoms with Crippen LogP contribution in [0.3, 0.4) is 0 Å². The molecule has 27 heavy (non-hydrogen) atoms. The molecular weight excluding hydrogens is 361 g/mol. The van der Waals surface area contributed by atoms with Crippen molar-refractivity contribution in [3.63, 3.8) is 0 Å². The van der Waals surface area contributed by atoms with E-state index in [0.29, 0.717) is 11.8 Å². The zero-order valence-corrected chi connectivity index (χ0v) is 14.4. The number of nitrogens with one attached hydrogen (secondary N) is 1. The van der Waals surface area contributed by atoms with Gasteiger partial charge in [0.1, 0.15) is 11.8 Å². The summed E-state index contributed by atoms with van der Waals surface area (Å²) in [7, 11) is 0. The lowest BCUT2D eigenvalue weighted by molar-refractivity contribution is -0.137. The van der Waals surface area contributed by atoms with E-state index in [2.05, 4.69) is 5.32 Å². The third-order valence-electron chi connectivity index (χ3n) is 3.54. The molecule has 0 radical (unpaired) electrons. The second-order valence-corrected chi connectivity index (χ2v) is 5.93. The van der Waals surface area contributed by atoms with Crippen LogP contribution >= 0.6 is 0 Å². The Kier molecular flexibility index (Phi) is 5.85. The fraction of sp³-hybridized carbons (Fsp3) is 0.211. The molecule has 0 aliphatic rings. The normalized spacial score (nSPS) is 11.0. The first-order valence-corrected chi connectivity index (χ1v) is 7.86. The van der Waals surface area contributed by atoms with Crippen LogP contribution in [0, 0.1) is 17.2 Å². The molecule has 0 atom stereocenters. The Hall–Kier alpha value is -3.34. The highest BCUT2D eigenvalue weighted by Gasteiger charge is 2.31. The summed E-state index contributed by atoms with van der Waals surface area (Å²) in [5.74, 6) is -1.82. The first kappa shape index (κ1) is 20.0. The summed E-state index contributed by atoms with van der Waals surface area (Å²) in [6.07, 6.45) is -4.63. The van der Waals surface area contributed by atoms with E-state index in [1.165, 1.54) is 24.3 Å². The number of hydrogen-bond acceptors (Lipinski definition) is 4. The van der Waals surface area contributed by atoms with Crippen molar-refractivity contribution < 1.29 is 27.5 Å². The number of anilines is 1. The van der Waals surface area contributed by atoms with Crippen LogP contribution < -0.4 is 10.1 Å². The van der Waals surface area contributed by atoms with Gasteiger partial charge in [-0.05, 0) is 42.5 Å². The Morgan fingerprint density at radius 1 is 1.11 bits per heavy atom. The van der Waals surface area contributed by atoms with Gasteiger partial charge in [-0.3, -0.25) is 4.79 Å². The van der Waals surface area contributed by atoms with E-state index in [-0.39, 0.29) is 23.0 Å². The maximum Gasteiger partial charge on any atom is 0.416 e. The number of benzene rings is 2. The van der Waals surface area contributed by atoms with Crippen LogP contribution in [0.15, 0.2) is 42.5 Å². The van der Waals surface area contributed by atoms with Crippen LogP contribution in [0.1, 0.15) is 35.3 Å². The molecule has 0 bridgehead atoms. The largest absolute Gasteiger partial charge is 0.421 e. The van der Waals surface area contributed by atoms with Gasteiger partial charge < -0.3 is 10.1 Å². The van der Waals surface area contributed by atoms with E-state index in [4.69, 9.17) is 10.00 Å². The van der Waals surface area contributed by atoms with E-state index >= 15 is 0 Å². The summed E-state index contributed by atoms with van der Waals surface area (Å²) in [4.78, 5) is 23.8. The zero-order valence-electron chi connectivity index (χ0n) is 14.4. The number of carbonyl (C=O) groups excluding carboxylic acids is 2. The highest BCUT2D eigenvalue weighted by atomic mass is 19.4. The van der Waals surface area contributed by atoms with Crippen molar-refractivity contribution in [2.45, 2.75) is 20.0 Å². The number of nitrogens with zero attached hydrogens (tertiary/aromatic N) is 1. The molecule has 0 fully saturated rings. The lowest BCUT2D eigenvalue weighted by atomic mass is 10.1. The number of nitriles is 1. The molecule has 1 amide bonds. The van der Waals surface area contributed by atoms with Gasteiger partial charge in [-0.25, -0.2) is 4.79 Å². The van der Waals surface area contributed by atoms with Crippen molar-refractivity contribution in [2.24, 2.45) is 5.92 Å². The smallest absolute Gasteiger partial charge is 0.416 e. The molecule has 0 heterocycles. The van der Waals surface area contributed by atoms with Crippen molar-refractivity contribution in [1.82, 2.24) is 0 Å². The van der Waals surface area contributed by atoms with Gasteiger partial charge >= 0.3 is 12.1 Å². The second kappa shape index (κ2) is 7.91. The predicted molar refractivity (Wildman–Crippen MR) is 91.0 cm³/mol. The van der Waals surface area contributed by atoms with Crippen LogP contribution in [0.25, 0.3) is 0 Å². The molecule has 8 heteroatoms. The zero-order chi connectivity index (χ0) is 20.2. The Labute approximate surface area is 153 Å². The molecule has 2 aromatic carbocycles. The van der Waals surface area contributed by atoms with Crippen molar-refractivity contribution in [3.05, 3.63) is 59.2 Å². The van der Waals surface area contributed by atoms with Crippen LogP contribution in [-0.2, 0) is 11.0 Å². The van der Waals surface area contributed by atoms with Crippen LogP contribution in [0.2, 0.25) is 0 Å². The summed E-state index contributed by atoms with van der Waals surface area (Å²) in [5.41, 5.74) is -0.714. The van der Waals surface area contributed by atoms with Gasteiger partial charge in [0.25, 0.3) is 0 Å². The number of hydrogen-bond donors (Lipinski definition) is 1. The maximum absolute atomic E-state index is 12.8. The molecule has 0 unspecified atom stereocenters. The average molecular weight is 376 g/mol. The van der Waals surface area contributed by atoms with E-state index in [1.54, 1.807) is 19.9 Å². The number of alkyl halides is 3. The topological polar surface area (TPSA) is 79.2 Å². The van der Waals surface area contributed by atoms with E-state index in [1.807, 2.05) is 0 Å². The maximum atomic E-state index is 12.8. The van der Waals surface area contributed by atoms with E-state index < -0.39 is 23.5 Å². The fourth-order valence-corrected chi connectivity index (χ4v) is 2.01. The number of esters is 1. The number of halogens is 3. The highest BCUT2D eigenvalue weighted by Crippen LogP contribution is 2.33. The van der Waals surface area contributed by atoms with Crippen LogP contribution in [0.5, 0.6) is 5.75 Å². The first-order valence-electron chi connectivity index (χ1n) is 7.86. The minimum absolute atomic E-state index is 0.0545. The van der Waals surface area contributed by atoms with Gasteiger partial charge in [0.05, 0.1) is 16.7 Å². The molecule has 0 aliphatic carbocycles.